The van der Waals surface area contributed by atoms with Gasteiger partial charge in [-0.15, -0.1) is 0 Å². The van der Waals surface area contributed by atoms with Gasteiger partial charge < -0.3 is 10.6 Å². The summed E-state index contributed by atoms with van der Waals surface area (Å²) >= 11 is 0. The predicted octanol–water partition coefficient (Wildman–Crippen LogP) is 2.19. The third-order valence-corrected chi connectivity index (χ3v) is 3.18. The molecule has 0 bridgehead atoms. The largest absolute Gasteiger partial charge is 0.352 e. The summed E-state index contributed by atoms with van der Waals surface area (Å²) in [7, 11) is 0. The Bertz CT molecular complexity index is 569. The molecule has 4 heteroatoms. The second kappa shape index (κ2) is 8.17. The first-order valence-electron chi connectivity index (χ1n) is 7.16. The molecule has 1 aromatic heterocycles. The maximum Gasteiger partial charge on any atom is 0.221 e. The van der Waals surface area contributed by atoms with Crippen molar-refractivity contribution in [2.75, 3.05) is 6.54 Å². The van der Waals surface area contributed by atoms with Crippen LogP contribution in [0.5, 0.6) is 0 Å². The number of hydrogen-bond acceptors (Lipinski definition) is 3. The average molecular weight is 283 g/mol. The number of hydrogen-bond donors (Lipinski definition) is 2. The quantitative estimate of drug-likeness (QED) is 0.766. The molecular weight excluding hydrogens is 262 g/mol. The molecule has 0 spiro atoms. The topological polar surface area (TPSA) is 54.0 Å². The van der Waals surface area contributed by atoms with Gasteiger partial charge in [0.15, 0.2) is 0 Å². The Morgan fingerprint density at radius 3 is 2.67 bits per heavy atom. The van der Waals surface area contributed by atoms with Crippen molar-refractivity contribution in [1.29, 1.82) is 0 Å². The first-order chi connectivity index (χ1) is 10.2. The molecule has 1 heterocycles. The van der Waals surface area contributed by atoms with Crippen molar-refractivity contribution in [2.24, 2.45) is 0 Å². The van der Waals surface area contributed by atoms with Gasteiger partial charge in [0.1, 0.15) is 0 Å². The minimum Gasteiger partial charge on any atom is -0.352 e. The lowest BCUT2D eigenvalue weighted by Crippen LogP contribution is -2.27. The summed E-state index contributed by atoms with van der Waals surface area (Å²) in [5.74, 6) is 0.0588. The van der Waals surface area contributed by atoms with E-state index in [2.05, 4.69) is 40.7 Å². The van der Waals surface area contributed by atoms with Crippen LogP contribution < -0.4 is 10.6 Å². The van der Waals surface area contributed by atoms with E-state index < -0.39 is 0 Å². The molecule has 2 aromatic rings. The van der Waals surface area contributed by atoms with Crippen LogP contribution in [0.15, 0.2) is 48.8 Å². The number of aromatic nitrogens is 1. The summed E-state index contributed by atoms with van der Waals surface area (Å²) in [4.78, 5) is 15.7. The van der Waals surface area contributed by atoms with Gasteiger partial charge in [-0.05, 0) is 30.2 Å². The van der Waals surface area contributed by atoms with Gasteiger partial charge in [0.05, 0.1) is 0 Å². The Morgan fingerprint density at radius 2 is 1.90 bits per heavy atom. The third kappa shape index (κ3) is 5.75. The Balaban J connectivity index is 1.61. The number of nitrogens with zero attached hydrogens (tertiary/aromatic N) is 1. The monoisotopic (exact) mass is 283 g/mol. The predicted molar refractivity (Wildman–Crippen MR) is 83.6 cm³/mol. The fraction of sp³-hybridized carbons (Fsp3) is 0.294. The molecule has 0 radical (unpaired) electrons. The summed E-state index contributed by atoms with van der Waals surface area (Å²) in [6, 6.07) is 12.2. The van der Waals surface area contributed by atoms with E-state index in [1.54, 1.807) is 12.4 Å². The number of aryl methyl sites for hydroxylation is 1. The fourth-order valence-electron chi connectivity index (χ4n) is 2.05. The summed E-state index contributed by atoms with van der Waals surface area (Å²) in [5.41, 5.74) is 3.56. The van der Waals surface area contributed by atoms with Gasteiger partial charge in [0.25, 0.3) is 0 Å². The van der Waals surface area contributed by atoms with Crippen LogP contribution in [0.4, 0.5) is 0 Å². The molecule has 0 aliphatic carbocycles. The van der Waals surface area contributed by atoms with Crippen molar-refractivity contribution in [2.45, 2.75) is 26.4 Å². The minimum atomic E-state index is 0.0588. The molecule has 4 nitrogen and oxygen atoms in total. The normalized spacial score (nSPS) is 10.3. The number of pyridine rings is 1. The first kappa shape index (κ1) is 15.2. The first-order valence-corrected chi connectivity index (χ1v) is 7.16. The Kier molecular flexibility index (Phi) is 5.91. The molecular formula is C17H21N3O. The standard InChI is InChI=1S/C17H21N3O/c1-14-3-2-4-16(11-14)12-19-10-7-17(21)20-13-15-5-8-18-9-6-15/h2-6,8-9,11,19H,7,10,12-13H2,1H3,(H,20,21). The van der Waals surface area contributed by atoms with E-state index in [1.807, 2.05) is 18.2 Å². The summed E-state index contributed by atoms with van der Waals surface area (Å²) < 4.78 is 0. The molecule has 1 amide bonds. The highest BCUT2D eigenvalue weighted by atomic mass is 16.1. The van der Waals surface area contributed by atoms with Gasteiger partial charge in [0, 0.05) is 38.4 Å². The van der Waals surface area contributed by atoms with Crippen molar-refractivity contribution in [1.82, 2.24) is 15.6 Å². The molecule has 21 heavy (non-hydrogen) atoms. The van der Waals surface area contributed by atoms with E-state index in [9.17, 15) is 4.79 Å². The van der Waals surface area contributed by atoms with E-state index in [4.69, 9.17) is 0 Å². The van der Waals surface area contributed by atoms with Crippen LogP contribution in [0.3, 0.4) is 0 Å². The van der Waals surface area contributed by atoms with E-state index in [-0.39, 0.29) is 5.91 Å². The van der Waals surface area contributed by atoms with Crippen LogP contribution in [0.2, 0.25) is 0 Å². The highest BCUT2D eigenvalue weighted by Gasteiger charge is 2.01. The molecule has 0 aliphatic rings. The molecule has 0 saturated heterocycles. The van der Waals surface area contributed by atoms with Gasteiger partial charge >= 0.3 is 0 Å². The number of carbonyl (C=O) groups excluding carboxylic acids is 1. The number of amides is 1. The molecule has 2 rings (SSSR count). The van der Waals surface area contributed by atoms with E-state index in [0.29, 0.717) is 19.5 Å². The summed E-state index contributed by atoms with van der Waals surface area (Å²) in [6.07, 6.45) is 3.94. The lowest BCUT2D eigenvalue weighted by atomic mass is 10.1. The van der Waals surface area contributed by atoms with E-state index >= 15 is 0 Å². The second-order valence-corrected chi connectivity index (χ2v) is 5.05. The summed E-state index contributed by atoms with van der Waals surface area (Å²) in [5, 5.41) is 6.19. The lowest BCUT2D eigenvalue weighted by molar-refractivity contribution is -0.121. The molecule has 0 aliphatic heterocycles. The Morgan fingerprint density at radius 1 is 1.10 bits per heavy atom. The molecule has 1 aromatic carbocycles. The zero-order valence-electron chi connectivity index (χ0n) is 12.3. The van der Waals surface area contributed by atoms with Crippen molar-refractivity contribution in [3.8, 4) is 0 Å². The number of rotatable bonds is 7. The van der Waals surface area contributed by atoms with Crippen LogP contribution in [0.25, 0.3) is 0 Å². The molecule has 0 unspecified atom stereocenters. The van der Waals surface area contributed by atoms with Gasteiger partial charge in [-0.1, -0.05) is 29.8 Å². The van der Waals surface area contributed by atoms with Gasteiger partial charge in [0.2, 0.25) is 5.91 Å². The SMILES string of the molecule is Cc1cccc(CNCCC(=O)NCc2ccncc2)c1. The molecule has 0 atom stereocenters. The van der Waals surface area contributed by atoms with Crippen LogP contribution in [-0.2, 0) is 17.9 Å². The highest BCUT2D eigenvalue weighted by Crippen LogP contribution is 2.03. The molecule has 2 N–H and O–H groups in total. The van der Waals surface area contributed by atoms with Crippen LogP contribution in [0.1, 0.15) is 23.1 Å². The smallest absolute Gasteiger partial charge is 0.221 e. The highest BCUT2D eigenvalue weighted by molar-refractivity contribution is 5.76. The van der Waals surface area contributed by atoms with Crippen molar-refractivity contribution >= 4 is 5.91 Å². The van der Waals surface area contributed by atoms with Crippen molar-refractivity contribution < 1.29 is 4.79 Å². The fourth-order valence-corrected chi connectivity index (χ4v) is 2.05. The number of carbonyl (C=O) groups is 1. The van der Waals surface area contributed by atoms with Crippen molar-refractivity contribution in [3.63, 3.8) is 0 Å². The van der Waals surface area contributed by atoms with E-state index in [1.165, 1.54) is 11.1 Å². The van der Waals surface area contributed by atoms with Crippen molar-refractivity contribution in [3.05, 3.63) is 65.5 Å². The average Bonchev–Trinajstić information content (AvgIpc) is 2.51. The maximum atomic E-state index is 11.7. The van der Waals surface area contributed by atoms with Gasteiger partial charge in [-0.25, -0.2) is 0 Å². The van der Waals surface area contributed by atoms with E-state index in [0.717, 1.165) is 12.1 Å². The molecule has 0 saturated carbocycles. The summed E-state index contributed by atoms with van der Waals surface area (Å²) in [6.45, 7) is 4.10. The maximum absolute atomic E-state index is 11.7. The molecule has 110 valence electrons. The Hall–Kier alpha value is -2.20. The second-order valence-electron chi connectivity index (χ2n) is 5.05. The zero-order valence-corrected chi connectivity index (χ0v) is 12.3. The molecule has 0 fully saturated rings. The number of nitrogens with one attached hydrogen (secondary N) is 2. The van der Waals surface area contributed by atoms with Crippen LogP contribution in [-0.4, -0.2) is 17.4 Å². The minimum absolute atomic E-state index is 0.0588. The van der Waals surface area contributed by atoms with Gasteiger partial charge in [-0.3, -0.25) is 9.78 Å². The Labute approximate surface area is 125 Å². The third-order valence-electron chi connectivity index (χ3n) is 3.18. The zero-order chi connectivity index (χ0) is 14.9. The lowest BCUT2D eigenvalue weighted by Gasteiger charge is -2.07. The van der Waals surface area contributed by atoms with Gasteiger partial charge in [-0.2, -0.15) is 0 Å². The van der Waals surface area contributed by atoms with Crippen LogP contribution in [0, 0.1) is 6.92 Å². The number of benzene rings is 1. The van der Waals surface area contributed by atoms with Crippen LogP contribution >= 0.6 is 0 Å².